The highest BCUT2D eigenvalue weighted by molar-refractivity contribution is 5.42. The molecule has 0 N–H and O–H groups in total. The molecule has 1 heteroatoms. The number of nitriles is 1. The molecule has 0 fully saturated rings. The third-order valence-corrected chi connectivity index (χ3v) is 1.84. The zero-order valence-electron chi connectivity index (χ0n) is 10.3. The van der Waals surface area contributed by atoms with Crippen molar-refractivity contribution in [3.63, 3.8) is 0 Å². The lowest BCUT2D eigenvalue weighted by Crippen LogP contribution is -1.93. The Bertz CT molecular complexity index is 399. The molecule has 12 heavy (non-hydrogen) atoms. The summed E-state index contributed by atoms with van der Waals surface area (Å²) in [5.74, 6) is 0.105. The molecular formula is C11H13N. The third kappa shape index (κ3) is 1.48. The molecule has 0 aromatic heterocycles. The predicted octanol–water partition coefficient (Wildman–Crippen LogP) is 2.99. The molecule has 0 aliphatic heterocycles. The van der Waals surface area contributed by atoms with Crippen LogP contribution in [-0.4, -0.2) is 0 Å². The van der Waals surface area contributed by atoms with E-state index in [2.05, 4.69) is 0 Å². The zero-order valence-corrected chi connectivity index (χ0v) is 7.26. The first-order valence-corrected chi connectivity index (χ1v) is 3.91. The molecule has 0 aliphatic rings. The van der Waals surface area contributed by atoms with E-state index in [0.29, 0.717) is 0 Å². The van der Waals surface area contributed by atoms with Crippen molar-refractivity contribution in [2.24, 2.45) is 0 Å². The van der Waals surface area contributed by atoms with Crippen LogP contribution in [0.15, 0.2) is 18.2 Å². The highest BCUT2D eigenvalue weighted by Crippen LogP contribution is 2.20. The zero-order chi connectivity index (χ0) is 11.6. The second-order valence-corrected chi connectivity index (χ2v) is 3.04. The van der Waals surface area contributed by atoms with Crippen LogP contribution in [0, 0.1) is 18.2 Å². The Hall–Kier alpha value is -1.29. The fourth-order valence-corrected chi connectivity index (χ4v) is 1.14. The molecule has 0 radical (unpaired) electrons. The molecule has 0 bridgehead atoms. The number of benzene rings is 1. The van der Waals surface area contributed by atoms with Crippen molar-refractivity contribution in [2.45, 2.75) is 26.6 Å². The summed E-state index contributed by atoms with van der Waals surface area (Å²) in [6.07, 6.45) is 0. The van der Waals surface area contributed by atoms with Gasteiger partial charge in [0.2, 0.25) is 0 Å². The Morgan fingerprint density at radius 1 is 1.50 bits per heavy atom. The van der Waals surface area contributed by atoms with Crippen molar-refractivity contribution in [1.29, 1.82) is 5.26 Å². The van der Waals surface area contributed by atoms with Crippen LogP contribution in [0.2, 0.25) is 0 Å². The van der Waals surface area contributed by atoms with Crippen molar-refractivity contribution in [3.05, 3.63) is 34.9 Å². The van der Waals surface area contributed by atoms with Crippen molar-refractivity contribution >= 4 is 0 Å². The SMILES string of the molecule is [2H]C([2H])([2H])c1c(C#N)cccc1C(C)C. The molecule has 0 heterocycles. The molecule has 0 atom stereocenters. The quantitative estimate of drug-likeness (QED) is 0.622. The summed E-state index contributed by atoms with van der Waals surface area (Å²) in [5.41, 5.74) is 1.18. The molecular weight excluding hydrogens is 146 g/mol. The fraction of sp³-hybridized carbons (Fsp3) is 0.364. The normalized spacial score (nSPS) is 14.7. The Morgan fingerprint density at radius 3 is 2.75 bits per heavy atom. The molecule has 1 aromatic carbocycles. The molecule has 0 aliphatic carbocycles. The van der Waals surface area contributed by atoms with Gasteiger partial charge in [-0.15, -0.1) is 0 Å². The summed E-state index contributed by atoms with van der Waals surface area (Å²) in [4.78, 5) is 0. The Kier molecular flexibility index (Phi) is 1.52. The van der Waals surface area contributed by atoms with Crippen LogP contribution in [0.5, 0.6) is 0 Å². The second kappa shape index (κ2) is 3.40. The van der Waals surface area contributed by atoms with Crippen LogP contribution >= 0.6 is 0 Å². The third-order valence-electron chi connectivity index (χ3n) is 1.84. The van der Waals surface area contributed by atoms with E-state index < -0.39 is 6.85 Å². The first-order valence-electron chi connectivity index (χ1n) is 5.41. The molecule has 0 amide bonds. The lowest BCUT2D eigenvalue weighted by molar-refractivity contribution is 0.855. The molecule has 62 valence electrons. The van der Waals surface area contributed by atoms with Gasteiger partial charge in [-0.25, -0.2) is 0 Å². The Morgan fingerprint density at radius 2 is 2.25 bits per heavy atom. The number of hydrogen-bond acceptors (Lipinski definition) is 1. The second-order valence-electron chi connectivity index (χ2n) is 3.04. The summed E-state index contributed by atoms with van der Waals surface area (Å²) >= 11 is 0. The lowest BCUT2D eigenvalue weighted by atomic mass is 9.95. The summed E-state index contributed by atoms with van der Waals surface area (Å²) in [6, 6.07) is 6.98. The van der Waals surface area contributed by atoms with Crippen LogP contribution < -0.4 is 0 Å². The van der Waals surface area contributed by atoms with E-state index in [4.69, 9.17) is 9.37 Å². The van der Waals surface area contributed by atoms with Gasteiger partial charge in [0, 0.05) is 4.11 Å². The van der Waals surface area contributed by atoms with Crippen molar-refractivity contribution in [1.82, 2.24) is 0 Å². The summed E-state index contributed by atoms with van der Waals surface area (Å²) in [5, 5.41) is 8.89. The maximum absolute atomic E-state index is 8.89. The smallest absolute Gasteiger partial charge is 0.0994 e. The van der Waals surface area contributed by atoms with Crippen LogP contribution in [0.4, 0.5) is 0 Å². The van der Waals surface area contributed by atoms with Crippen LogP contribution in [0.3, 0.4) is 0 Å². The molecule has 0 saturated carbocycles. The largest absolute Gasteiger partial charge is 0.192 e. The van der Waals surface area contributed by atoms with Gasteiger partial charge in [0.15, 0.2) is 0 Å². The molecule has 0 saturated heterocycles. The standard InChI is InChI=1S/C11H13N/c1-8(2)11-6-4-5-10(7-12)9(11)3/h4-6,8H,1-3H3/i3D3. The van der Waals surface area contributed by atoms with Gasteiger partial charge in [0.05, 0.1) is 11.6 Å². The van der Waals surface area contributed by atoms with Crippen molar-refractivity contribution in [2.75, 3.05) is 0 Å². The van der Waals surface area contributed by atoms with Crippen molar-refractivity contribution in [3.8, 4) is 6.07 Å². The molecule has 0 unspecified atom stereocenters. The predicted molar refractivity (Wildman–Crippen MR) is 50.0 cm³/mol. The summed E-state index contributed by atoms with van der Waals surface area (Å²) in [7, 11) is 0. The minimum Gasteiger partial charge on any atom is -0.192 e. The fourth-order valence-electron chi connectivity index (χ4n) is 1.14. The maximum atomic E-state index is 8.89. The van der Waals surface area contributed by atoms with Gasteiger partial charge < -0.3 is 0 Å². The minimum atomic E-state index is -2.22. The van der Waals surface area contributed by atoms with E-state index in [9.17, 15) is 0 Å². The molecule has 0 spiro atoms. The highest BCUT2D eigenvalue weighted by Gasteiger charge is 2.05. The van der Waals surface area contributed by atoms with Gasteiger partial charge in [0.25, 0.3) is 0 Å². The van der Waals surface area contributed by atoms with E-state index >= 15 is 0 Å². The van der Waals surface area contributed by atoms with E-state index in [-0.39, 0.29) is 17.0 Å². The average Bonchev–Trinajstić information content (AvgIpc) is 2.15. The highest BCUT2D eigenvalue weighted by atomic mass is 14.2. The van der Waals surface area contributed by atoms with Crippen LogP contribution in [-0.2, 0) is 0 Å². The van der Waals surface area contributed by atoms with Gasteiger partial charge >= 0.3 is 0 Å². The first kappa shape index (κ1) is 5.37. The van der Waals surface area contributed by atoms with E-state index in [1.165, 1.54) is 0 Å². The lowest BCUT2D eigenvalue weighted by Gasteiger charge is -2.09. The van der Waals surface area contributed by atoms with E-state index in [1.807, 2.05) is 19.9 Å². The van der Waals surface area contributed by atoms with Gasteiger partial charge in [-0.2, -0.15) is 5.26 Å². The van der Waals surface area contributed by atoms with Crippen LogP contribution in [0.1, 0.15) is 40.6 Å². The molecule has 1 rings (SSSR count). The topological polar surface area (TPSA) is 23.8 Å². The number of hydrogen-bond donors (Lipinski definition) is 0. The Balaban J connectivity index is 3.50. The molecule has 1 aromatic rings. The maximum Gasteiger partial charge on any atom is 0.0994 e. The number of rotatable bonds is 1. The summed E-state index contributed by atoms with van der Waals surface area (Å²) < 4.78 is 22.3. The van der Waals surface area contributed by atoms with Crippen molar-refractivity contribution < 1.29 is 4.11 Å². The average molecular weight is 162 g/mol. The van der Waals surface area contributed by atoms with E-state index in [1.54, 1.807) is 18.2 Å². The van der Waals surface area contributed by atoms with Gasteiger partial charge in [-0.1, -0.05) is 26.0 Å². The van der Waals surface area contributed by atoms with E-state index in [0.717, 1.165) is 5.56 Å². The van der Waals surface area contributed by atoms with Gasteiger partial charge in [-0.3, -0.25) is 0 Å². The monoisotopic (exact) mass is 162 g/mol. The molecule has 1 nitrogen and oxygen atoms in total. The first-order chi connectivity index (χ1) is 6.88. The van der Waals surface area contributed by atoms with Gasteiger partial charge in [-0.05, 0) is 30.0 Å². The summed E-state index contributed by atoms with van der Waals surface area (Å²) in [6.45, 7) is 1.63. The van der Waals surface area contributed by atoms with Crippen LogP contribution in [0.25, 0.3) is 0 Å². The Labute approximate surface area is 77.9 Å². The van der Waals surface area contributed by atoms with Gasteiger partial charge in [0.1, 0.15) is 0 Å². The number of nitrogens with zero attached hydrogens (tertiary/aromatic N) is 1. The minimum absolute atomic E-state index is 0.105.